The zero-order valence-electron chi connectivity index (χ0n) is 10.4. The molecule has 0 aliphatic heterocycles. The topological polar surface area (TPSA) is 63.4 Å². The molecule has 0 aromatic heterocycles. The highest BCUT2D eigenvalue weighted by Crippen LogP contribution is 2.11. The summed E-state index contributed by atoms with van der Waals surface area (Å²) in [7, 11) is -1.06. The summed E-state index contributed by atoms with van der Waals surface area (Å²) in [4.78, 5) is 2.54. The van der Waals surface area contributed by atoms with Gasteiger partial charge >= 0.3 is 0 Å². The van der Waals surface area contributed by atoms with Gasteiger partial charge in [0.15, 0.2) is 9.84 Å². The molecule has 2 N–H and O–H groups in total. The molecule has 4 nitrogen and oxygen atoms in total. The molecule has 0 aliphatic carbocycles. The van der Waals surface area contributed by atoms with Crippen LogP contribution in [0.1, 0.15) is 12.0 Å². The van der Waals surface area contributed by atoms with Crippen molar-refractivity contribution in [3.05, 3.63) is 29.8 Å². The Bertz CT molecular complexity index is 440. The van der Waals surface area contributed by atoms with Crippen molar-refractivity contribution in [3.8, 4) is 0 Å². The van der Waals surface area contributed by atoms with Gasteiger partial charge < -0.3 is 10.6 Å². The van der Waals surface area contributed by atoms with E-state index in [0.717, 1.165) is 25.1 Å². The summed E-state index contributed by atoms with van der Waals surface area (Å²) in [6, 6.07) is 7.02. The molecule has 0 atom stereocenters. The van der Waals surface area contributed by atoms with Crippen LogP contribution in [0.25, 0.3) is 0 Å². The van der Waals surface area contributed by atoms with Gasteiger partial charge in [0.25, 0.3) is 0 Å². The SMILES string of the molecule is CN(CCCN)Cc1ccc(S(C)(=O)=O)cc1. The summed E-state index contributed by atoms with van der Waals surface area (Å²) in [6.07, 6.45) is 2.19. The van der Waals surface area contributed by atoms with Crippen molar-refractivity contribution in [2.75, 3.05) is 26.4 Å². The lowest BCUT2D eigenvalue weighted by Gasteiger charge is -2.16. The molecule has 1 aromatic rings. The number of hydrogen-bond donors (Lipinski definition) is 1. The van der Waals surface area contributed by atoms with Gasteiger partial charge in [-0.3, -0.25) is 0 Å². The van der Waals surface area contributed by atoms with Crippen molar-refractivity contribution in [2.45, 2.75) is 17.9 Å². The lowest BCUT2D eigenvalue weighted by molar-refractivity contribution is 0.324. The van der Waals surface area contributed by atoms with E-state index in [2.05, 4.69) is 4.90 Å². The van der Waals surface area contributed by atoms with Gasteiger partial charge in [0.05, 0.1) is 4.90 Å². The van der Waals surface area contributed by atoms with Crippen LogP contribution in [-0.4, -0.2) is 39.7 Å². The van der Waals surface area contributed by atoms with Gasteiger partial charge in [0.2, 0.25) is 0 Å². The van der Waals surface area contributed by atoms with Crippen molar-refractivity contribution < 1.29 is 8.42 Å². The van der Waals surface area contributed by atoms with E-state index in [1.165, 1.54) is 6.26 Å². The van der Waals surface area contributed by atoms with E-state index in [-0.39, 0.29) is 0 Å². The second-order valence-corrected chi connectivity index (χ2v) is 6.31. The average molecular weight is 256 g/mol. The molecule has 0 radical (unpaired) electrons. The highest BCUT2D eigenvalue weighted by atomic mass is 32.2. The van der Waals surface area contributed by atoms with Crippen LogP contribution < -0.4 is 5.73 Å². The molecule has 17 heavy (non-hydrogen) atoms. The summed E-state index contributed by atoms with van der Waals surface area (Å²) in [5.74, 6) is 0. The molecule has 0 heterocycles. The fourth-order valence-electron chi connectivity index (χ4n) is 1.59. The molecular formula is C12H20N2O2S. The van der Waals surface area contributed by atoms with Gasteiger partial charge in [0, 0.05) is 12.8 Å². The van der Waals surface area contributed by atoms with Crippen LogP contribution in [0.4, 0.5) is 0 Å². The Morgan fingerprint density at radius 1 is 1.24 bits per heavy atom. The fraction of sp³-hybridized carbons (Fsp3) is 0.500. The Morgan fingerprint density at radius 2 is 1.82 bits per heavy atom. The monoisotopic (exact) mass is 256 g/mol. The number of nitrogens with zero attached hydrogens (tertiary/aromatic N) is 1. The minimum atomic E-state index is -3.09. The second kappa shape index (κ2) is 6.14. The van der Waals surface area contributed by atoms with Crippen molar-refractivity contribution in [1.29, 1.82) is 0 Å². The lowest BCUT2D eigenvalue weighted by atomic mass is 10.2. The molecule has 0 saturated carbocycles. The van der Waals surface area contributed by atoms with Crippen LogP contribution in [0.15, 0.2) is 29.2 Å². The maximum Gasteiger partial charge on any atom is 0.175 e. The standard InChI is InChI=1S/C12H20N2O2S/c1-14(9-3-8-13)10-11-4-6-12(7-5-11)17(2,15)16/h4-7H,3,8-10,13H2,1-2H3. The number of rotatable bonds is 6. The molecule has 1 aromatic carbocycles. The minimum Gasteiger partial charge on any atom is -0.330 e. The van der Waals surface area contributed by atoms with E-state index in [0.29, 0.717) is 11.4 Å². The second-order valence-electron chi connectivity index (χ2n) is 4.30. The van der Waals surface area contributed by atoms with Gasteiger partial charge in [-0.15, -0.1) is 0 Å². The third-order valence-corrected chi connectivity index (χ3v) is 3.68. The van der Waals surface area contributed by atoms with E-state index in [1.54, 1.807) is 12.1 Å². The third-order valence-electron chi connectivity index (χ3n) is 2.55. The van der Waals surface area contributed by atoms with Gasteiger partial charge in [-0.25, -0.2) is 8.42 Å². The van der Waals surface area contributed by atoms with Crippen molar-refractivity contribution in [3.63, 3.8) is 0 Å². The van der Waals surface area contributed by atoms with E-state index in [4.69, 9.17) is 5.73 Å². The highest BCUT2D eigenvalue weighted by Gasteiger charge is 2.06. The zero-order valence-corrected chi connectivity index (χ0v) is 11.2. The van der Waals surface area contributed by atoms with Crippen LogP contribution in [0, 0.1) is 0 Å². The molecule has 0 spiro atoms. The van der Waals surface area contributed by atoms with Crippen LogP contribution >= 0.6 is 0 Å². The van der Waals surface area contributed by atoms with Gasteiger partial charge in [0.1, 0.15) is 0 Å². The smallest absolute Gasteiger partial charge is 0.175 e. The summed E-state index contributed by atoms with van der Waals surface area (Å²) in [5.41, 5.74) is 6.55. The molecule has 96 valence electrons. The van der Waals surface area contributed by atoms with Crippen LogP contribution in [0.3, 0.4) is 0 Å². The van der Waals surface area contributed by atoms with Gasteiger partial charge in [-0.05, 0) is 44.3 Å². The number of hydrogen-bond acceptors (Lipinski definition) is 4. The Kier molecular flexibility index (Phi) is 5.11. The normalized spacial score (nSPS) is 12.0. The van der Waals surface area contributed by atoms with Crippen molar-refractivity contribution in [1.82, 2.24) is 4.90 Å². The molecule has 0 saturated heterocycles. The molecule has 0 bridgehead atoms. The first kappa shape index (κ1) is 14.2. The first-order valence-corrected chi connectivity index (χ1v) is 7.50. The summed E-state index contributed by atoms with van der Waals surface area (Å²) < 4.78 is 22.6. The number of nitrogens with two attached hydrogens (primary N) is 1. The highest BCUT2D eigenvalue weighted by molar-refractivity contribution is 7.90. The van der Waals surface area contributed by atoms with E-state index in [9.17, 15) is 8.42 Å². The number of benzene rings is 1. The van der Waals surface area contributed by atoms with E-state index < -0.39 is 9.84 Å². The molecule has 0 aliphatic rings. The predicted octanol–water partition coefficient (Wildman–Crippen LogP) is 0.871. The predicted molar refractivity (Wildman–Crippen MR) is 69.6 cm³/mol. The molecule has 0 fully saturated rings. The summed E-state index contributed by atoms with van der Waals surface area (Å²) >= 11 is 0. The Hall–Kier alpha value is -0.910. The summed E-state index contributed by atoms with van der Waals surface area (Å²) in [5, 5.41) is 0. The van der Waals surface area contributed by atoms with Crippen molar-refractivity contribution >= 4 is 9.84 Å². The molecule has 0 unspecified atom stereocenters. The molecular weight excluding hydrogens is 236 g/mol. The summed E-state index contributed by atoms with van der Waals surface area (Å²) in [6.45, 7) is 2.45. The van der Waals surface area contributed by atoms with E-state index >= 15 is 0 Å². The Balaban J connectivity index is 2.63. The van der Waals surface area contributed by atoms with Gasteiger partial charge in [-0.2, -0.15) is 0 Å². The van der Waals surface area contributed by atoms with Crippen LogP contribution in [0.5, 0.6) is 0 Å². The average Bonchev–Trinajstić information content (AvgIpc) is 2.26. The zero-order chi connectivity index (χ0) is 12.9. The maximum atomic E-state index is 11.3. The minimum absolute atomic E-state index is 0.367. The number of sulfone groups is 1. The van der Waals surface area contributed by atoms with Crippen LogP contribution in [-0.2, 0) is 16.4 Å². The molecule has 0 amide bonds. The third kappa shape index (κ3) is 4.85. The quantitative estimate of drug-likeness (QED) is 0.820. The molecule has 1 rings (SSSR count). The largest absolute Gasteiger partial charge is 0.330 e. The lowest BCUT2D eigenvalue weighted by Crippen LogP contribution is -2.21. The Labute approximate surface area is 103 Å². The fourth-order valence-corrected chi connectivity index (χ4v) is 2.22. The maximum absolute atomic E-state index is 11.3. The van der Waals surface area contributed by atoms with Crippen LogP contribution in [0.2, 0.25) is 0 Å². The van der Waals surface area contributed by atoms with Crippen molar-refractivity contribution in [2.24, 2.45) is 5.73 Å². The Morgan fingerprint density at radius 3 is 2.29 bits per heavy atom. The van der Waals surface area contributed by atoms with E-state index in [1.807, 2.05) is 19.2 Å². The van der Waals surface area contributed by atoms with Gasteiger partial charge in [-0.1, -0.05) is 12.1 Å². The first-order valence-electron chi connectivity index (χ1n) is 5.61. The first-order chi connectivity index (χ1) is 7.93. The molecule has 5 heteroatoms.